The Labute approximate surface area is 146 Å². The number of methoxy groups -OCH3 is 1. The van der Waals surface area contributed by atoms with Crippen LogP contribution in [-0.2, 0) is 19.1 Å². The minimum atomic E-state index is -4.87. The number of benzene rings is 1. The molecule has 0 saturated heterocycles. The van der Waals surface area contributed by atoms with Gasteiger partial charge < -0.3 is 20.1 Å². The highest BCUT2D eigenvalue weighted by atomic mass is 19.4. The number of alkyl halides is 3. The molecule has 0 spiro atoms. The Morgan fingerprint density at radius 3 is 2.62 bits per heavy atom. The predicted molar refractivity (Wildman–Crippen MR) is 82.7 cm³/mol. The van der Waals surface area contributed by atoms with E-state index in [1.54, 1.807) is 0 Å². The first-order valence-electron chi connectivity index (χ1n) is 7.36. The Hall–Kier alpha value is -3.04. The van der Waals surface area contributed by atoms with Gasteiger partial charge in [0.15, 0.2) is 0 Å². The lowest BCUT2D eigenvalue weighted by atomic mass is 9.89. The molecule has 0 unspecified atom stereocenters. The van der Waals surface area contributed by atoms with Gasteiger partial charge in [0.05, 0.1) is 18.6 Å². The average Bonchev–Trinajstić information content (AvgIpc) is 2.52. The van der Waals surface area contributed by atoms with E-state index in [0.717, 1.165) is 19.2 Å². The summed E-state index contributed by atoms with van der Waals surface area (Å²) in [5, 5.41) is 4.82. The molecule has 26 heavy (non-hydrogen) atoms. The summed E-state index contributed by atoms with van der Waals surface area (Å²) in [7, 11) is 1.13. The Morgan fingerprint density at radius 2 is 2.00 bits per heavy atom. The zero-order valence-corrected chi connectivity index (χ0v) is 13.8. The lowest BCUT2D eigenvalue weighted by Gasteiger charge is -2.25. The van der Waals surface area contributed by atoms with Crippen LogP contribution in [-0.4, -0.2) is 31.3 Å². The second-order valence-electron chi connectivity index (χ2n) is 5.40. The van der Waals surface area contributed by atoms with E-state index in [1.165, 1.54) is 19.1 Å². The number of esters is 1. The second-order valence-corrected chi connectivity index (χ2v) is 5.40. The van der Waals surface area contributed by atoms with Gasteiger partial charge in [-0.3, -0.25) is 9.59 Å². The predicted octanol–water partition coefficient (Wildman–Crippen LogP) is 2.11. The first kappa shape index (κ1) is 19.3. The highest BCUT2D eigenvalue weighted by molar-refractivity contribution is 6.06. The SMILES string of the molecule is COC(=O)C1=C(C)NC(=O)C[C@@H]1C(=O)Nc1cccc(OC(F)(F)F)c1. The van der Waals surface area contributed by atoms with Crippen LogP contribution in [0.3, 0.4) is 0 Å². The van der Waals surface area contributed by atoms with Gasteiger partial charge in [0.25, 0.3) is 0 Å². The first-order chi connectivity index (χ1) is 12.1. The fourth-order valence-electron chi connectivity index (χ4n) is 2.51. The minimum Gasteiger partial charge on any atom is -0.466 e. The van der Waals surface area contributed by atoms with E-state index in [-0.39, 0.29) is 23.4 Å². The monoisotopic (exact) mass is 372 g/mol. The molecule has 10 heteroatoms. The van der Waals surface area contributed by atoms with Gasteiger partial charge in [-0.15, -0.1) is 13.2 Å². The number of amides is 2. The Bertz CT molecular complexity index is 773. The maximum Gasteiger partial charge on any atom is 0.573 e. The third-order valence-corrected chi connectivity index (χ3v) is 3.53. The summed E-state index contributed by atoms with van der Waals surface area (Å²) in [6, 6.07) is 4.65. The first-order valence-corrected chi connectivity index (χ1v) is 7.36. The topological polar surface area (TPSA) is 93.7 Å². The van der Waals surface area contributed by atoms with E-state index >= 15 is 0 Å². The standard InChI is InChI=1S/C16H15F3N2O5/c1-8-13(15(24)25-2)11(7-12(22)20-8)14(23)21-9-4-3-5-10(6-9)26-16(17,18)19/h3-6,11H,7H2,1-2H3,(H,20,22)(H,21,23)/t11-/m0/s1. The molecule has 1 aliphatic heterocycles. The van der Waals surface area contributed by atoms with Gasteiger partial charge in [0.2, 0.25) is 11.8 Å². The van der Waals surface area contributed by atoms with Crippen LogP contribution in [0, 0.1) is 5.92 Å². The molecule has 1 aromatic rings. The molecule has 0 radical (unpaired) electrons. The maximum absolute atomic E-state index is 12.5. The molecule has 7 nitrogen and oxygen atoms in total. The van der Waals surface area contributed by atoms with Gasteiger partial charge in [-0.25, -0.2) is 4.79 Å². The molecule has 2 amide bonds. The molecule has 1 aromatic carbocycles. The van der Waals surface area contributed by atoms with E-state index in [9.17, 15) is 27.6 Å². The van der Waals surface area contributed by atoms with Crippen LogP contribution in [0.25, 0.3) is 0 Å². The summed E-state index contributed by atoms with van der Waals surface area (Å²) < 4.78 is 45.2. The number of nitrogens with one attached hydrogen (secondary N) is 2. The van der Waals surface area contributed by atoms with Crippen molar-refractivity contribution in [1.29, 1.82) is 0 Å². The van der Waals surface area contributed by atoms with Crippen molar-refractivity contribution < 1.29 is 37.0 Å². The van der Waals surface area contributed by atoms with Gasteiger partial charge in [-0.05, 0) is 19.1 Å². The van der Waals surface area contributed by atoms with Gasteiger partial charge in [0.1, 0.15) is 5.75 Å². The molecule has 1 atom stereocenters. The molecule has 0 fully saturated rings. The molecular formula is C16H15F3N2O5. The van der Waals surface area contributed by atoms with Crippen LogP contribution in [0.5, 0.6) is 5.75 Å². The summed E-state index contributed by atoms with van der Waals surface area (Å²) in [5.74, 6) is -3.63. The van der Waals surface area contributed by atoms with Crippen LogP contribution in [0.15, 0.2) is 35.5 Å². The summed E-state index contributed by atoms with van der Waals surface area (Å²) in [6.45, 7) is 1.45. The number of carbonyl (C=O) groups excluding carboxylic acids is 3. The number of hydrogen-bond acceptors (Lipinski definition) is 5. The number of allylic oxidation sites excluding steroid dienone is 1. The molecule has 0 aliphatic carbocycles. The zero-order chi connectivity index (χ0) is 19.5. The van der Waals surface area contributed by atoms with Crippen molar-refractivity contribution >= 4 is 23.5 Å². The van der Waals surface area contributed by atoms with Crippen LogP contribution in [0.2, 0.25) is 0 Å². The number of rotatable bonds is 4. The third-order valence-electron chi connectivity index (χ3n) is 3.53. The molecule has 1 aliphatic rings. The van der Waals surface area contributed by atoms with Crippen LogP contribution in [0.4, 0.5) is 18.9 Å². The van der Waals surface area contributed by atoms with E-state index in [2.05, 4.69) is 20.1 Å². The van der Waals surface area contributed by atoms with Crippen molar-refractivity contribution in [1.82, 2.24) is 5.32 Å². The fourth-order valence-corrected chi connectivity index (χ4v) is 2.51. The van der Waals surface area contributed by atoms with E-state index in [0.29, 0.717) is 0 Å². The minimum absolute atomic E-state index is 0.0181. The molecule has 140 valence electrons. The number of halogens is 3. The van der Waals surface area contributed by atoms with Crippen molar-refractivity contribution in [2.75, 3.05) is 12.4 Å². The average molecular weight is 372 g/mol. The summed E-state index contributed by atoms with van der Waals surface area (Å²) >= 11 is 0. The smallest absolute Gasteiger partial charge is 0.466 e. The zero-order valence-electron chi connectivity index (χ0n) is 13.8. The molecule has 0 aromatic heterocycles. The van der Waals surface area contributed by atoms with E-state index in [4.69, 9.17) is 0 Å². The number of ether oxygens (including phenoxy) is 2. The van der Waals surface area contributed by atoms with Crippen LogP contribution in [0.1, 0.15) is 13.3 Å². The largest absolute Gasteiger partial charge is 0.573 e. The van der Waals surface area contributed by atoms with Crippen molar-refractivity contribution in [3.05, 3.63) is 35.5 Å². The summed E-state index contributed by atoms with van der Waals surface area (Å²) in [5.41, 5.74) is 0.180. The molecule has 2 rings (SSSR count). The molecule has 1 heterocycles. The summed E-state index contributed by atoms with van der Waals surface area (Å²) in [4.78, 5) is 36.1. The van der Waals surface area contributed by atoms with Crippen LogP contribution >= 0.6 is 0 Å². The molecule has 0 saturated carbocycles. The van der Waals surface area contributed by atoms with Crippen molar-refractivity contribution in [3.8, 4) is 5.75 Å². The Kier molecular flexibility index (Phi) is 5.53. The van der Waals surface area contributed by atoms with Gasteiger partial charge >= 0.3 is 12.3 Å². The number of hydrogen-bond donors (Lipinski definition) is 2. The third kappa shape index (κ3) is 4.74. The van der Waals surface area contributed by atoms with Crippen LogP contribution < -0.4 is 15.4 Å². The van der Waals surface area contributed by atoms with Gasteiger partial charge in [0, 0.05) is 23.9 Å². The maximum atomic E-state index is 12.5. The molecule has 2 N–H and O–H groups in total. The van der Waals surface area contributed by atoms with Gasteiger partial charge in [-0.1, -0.05) is 6.07 Å². The summed E-state index contributed by atoms with van der Waals surface area (Å²) in [6.07, 6.45) is -5.17. The quantitative estimate of drug-likeness (QED) is 0.790. The lowest BCUT2D eigenvalue weighted by molar-refractivity contribution is -0.274. The van der Waals surface area contributed by atoms with Crippen molar-refractivity contribution in [3.63, 3.8) is 0 Å². The number of carbonyl (C=O) groups is 3. The highest BCUT2D eigenvalue weighted by Gasteiger charge is 2.36. The second kappa shape index (κ2) is 7.46. The van der Waals surface area contributed by atoms with Crippen molar-refractivity contribution in [2.45, 2.75) is 19.7 Å². The van der Waals surface area contributed by atoms with E-state index < -0.39 is 35.8 Å². The van der Waals surface area contributed by atoms with E-state index in [1.807, 2.05) is 0 Å². The Balaban J connectivity index is 2.23. The normalized spacial score (nSPS) is 17.4. The molecular weight excluding hydrogens is 357 g/mol. The van der Waals surface area contributed by atoms with Gasteiger partial charge in [-0.2, -0.15) is 0 Å². The number of anilines is 1. The fraction of sp³-hybridized carbons (Fsp3) is 0.312. The molecule has 0 bridgehead atoms. The van der Waals surface area contributed by atoms with Crippen molar-refractivity contribution in [2.24, 2.45) is 5.92 Å². The lowest BCUT2D eigenvalue weighted by Crippen LogP contribution is -2.40. The highest BCUT2D eigenvalue weighted by Crippen LogP contribution is 2.28. The Morgan fingerprint density at radius 1 is 1.31 bits per heavy atom.